The molecular weight excluding hydrogens is 280 g/mol. The van der Waals surface area contributed by atoms with Crippen molar-refractivity contribution in [3.8, 4) is 11.5 Å². The molecule has 0 heterocycles. The summed E-state index contributed by atoms with van der Waals surface area (Å²) in [5, 5.41) is 5.91. The van der Waals surface area contributed by atoms with Crippen LogP contribution in [0.1, 0.15) is 19.4 Å². The van der Waals surface area contributed by atoms with Gasteiger partial charge in [-0.3, -0.25) is 4.79 Å². The van der Waals surface area contributed by atoms with Gasteiger partial charge in [-0.05, 0) is 32.0 Å². The van der Waals surface area contributed by atoms with E-state index in [1.165, 1.54) is 0 Å². The van der Waals surface area contributed by atoms with Crippen LogP contribution < -0.4 is 20.1 Å². The second-order valence-corrected chi connectivity index (χ2v) is 4.50. The lowest BCUT2D eigenvalue weighted by atomic mass is 10.2. The molecule has 0 aromatic heterocycles. The van der Waals surface area contributed by atoms with Crippen LogP contribution in [-0.2, 0) is 11.3 Å². The lowest BCUT2D eigenvalue weighted by Crippen LogP contribution is -2.37. The van der Waals surface area contributed by atoms with Gasteiger partial charge in [0.2, 0.25) is 5.91 Å². The number of halogens is 1. The maximum Gasteiger partial charge on any atom is 0.234 e. The summed E-state index contributed by atoms with van der Waals surface area (Å²) < 4.78 is 10.4. The Hall–Kier alpha value is -1.46. The van der Waals surface area contributed by atoms with Crippen LogP contribution in [0.2, 0.25) is 0 Å². The number of rotatable bonds is 7. The monoisotopic (exact) mass is 302 g/mol. The van der Waals surface area contributed by atoms with Gasteiger partial charge in [-0.1, -0.05) is 0 Å². The normalized spacial score (nSPS) is 9.85. The summed E-state index contributed by atoms with van der Waals surface area (Å²) in [4.78, 5) is 11.5. The molecule has 0 spiro atoms. The number of methoxy groups -OCH3 is 2. The molecule has 0 fully saturated rings. The Labute approximate surface area is 126 Å². The molecule has 2 N–H and O–H groups in total. The van der Waals surface area contributed by atoms with E-state index in [1.54, 1.807) is 14.2 Å². The third kappa shape index (κ3) is 6.12. The SMILES string of the molecule is COc1ccc(OC)c(CNCC(=O)NC(C)C)c1.Cl. The van der Waals surface area contributed by atoms with Crippen LogP contribution in [0.15, 0.2) is 18.2 Å². The largest absolute Gasteiger partial charge is 0.497 e. The van der Waals surface area contributed by atoms with E-state index in [1.807, 2.05) is 32.0 Å². The third-order valence-corrected chi connectivity index (χ3v) is 2.54. The van der Waals surface area contributed by atoms with Crippen molar-refractivity contribution in [2.24, 2.45) is 0 Å². The lowest BCUT2D eigenvalue weighted by Gasteiger charge is -2.12. The highest BCUT2D eigenvalue weighted by atomic mass is 35.5. The average molecular weight is 303 g/mol. The molecule has 20 heavy (non-hydrogen) atoms. The van der Waals surface area contributed by atoms with E-state index in [-0.39, 0.29) is 30.9 Å². The highest BCUT2D eigenvalue weighted by Crippen LogP contribution is 2.23. The molecule has 0 aliphatic rings. The zero-order valence-corrected chi connectivity index (χ0v) is 13.2. The fourth-order valence-electron chi connectivity index (χ4n) is 1.70. The highest BCUT2D eigenvalue weighted by molar-refractivity contribution is 5.85. The lowest BCUT2D eigenvalue weighted by molar-refractivity contribution is -0.120. The van der Waals surface area contributed by atoms with E-state index in [0.29, 0.717) is 6.54 Å². The summed E-state index contributed by atoms with van der Waals surface area (Å²) in [5.74, 6) is 1.53. The van der Waals surface area contributed by atoms with Crippen LogP contribution >= 0.6 is 12.4 Å². The minimum atomic E-state index is -0.0168. The summed E-state index contributed by atoms with van der Waals surface area (Å²) in [6.45, 7) is 4.69. The Kier molecular flexibility index (Phi) is 8.76. The summed E-state index contributed by atoms with van der Waals surface area (Å²) >= 11 is 0. The molecule has 0 bridgehead atoms. The molecule has 0 saturated heterocycles. The first-order chi connectivity index (χ1) is 9.06. The number of nitrogens with one attached hydrogen (secondary N) is 2. The molecule has 0 saturated carbocycles. The Morgan fingerprint density at radius 2 is 1.95 bits per heavy atom. The van der Waals surface area contributed by atoms with Gasteiger partial charge in [0.25, 0.3) is 0 Å². The number of carbonyl (C=O) groups is 1. The van der Waals surface area contributed by atoms with E-state index in [0.717, 1.165) is 17.1 Å². The van der Waals surface area contributed by atoms with Crippen LogP contribution in [-0.4, -0.2) is 32.7 Å². The standard InChI is InChI=1S/C14H22N2O3.ClH/c1-10(2)16-14(17)9-15-8-11-7-12(18-3)5-6-13(11)19-4;/h5-7,10,15H,8-9H2,1-4H3,(H,16,17);1H. The van der Waals surface area contributed by atoms with E-state index >= 15 is 0 Å². The number of amides is 1. The van der Waals surface area contributed by atoms with Gasteiger partial charge in [-0.15, -0.1) is 12.4 Å². The molecule has 5 nitrogen and oxygen atoms in total. The fourth-order valence-corrected chi connectivity index (χ4v) is 1.70. The van der Waals surface area contributed by atoms with Gasteiger partial charge in [-0.2, -0.15) is 0 Å². The van der Waals surface area contributed by atoms with E-state index in [4.69, 9.17) is 9.47 Å². The molecule has 6 heteroatoms. The fraction of sp³-hybridized carbons (Fsp3) is 0.500. The molecule has 1 aromatic carbocycles. The average Bonchev–Trinajstić information content (AvgIpc) is 2.37. The number of benzene rings is 1. The number of ether oxygens (including phenoxy) is 2. The van der Waals surface area contributed by atoms with Gasteiger partial charge in [0, 0.05) is 18.2 Å². The summed E-state index contributed by atoms with van der Waals surface area (Å²) in [5.41, 5.74) is 0.958. The maximum absolute atomic E-state index is 11.5. The second-order valence-electron chi connectivity index (χ2n) is 4.50. The molecule has 1 rings (SSSR count). The predicted molar refractivity (Wildman–Crippen MR) is 81.8 cm³/mol. The topological polar surface area (TPSA) is 59.6 Å². The van der Waals surface area contributed by atoms with Gasteiger partial charge in [-0.25, -0.2) is 0 Å². The van der Waals surface area contributed by atoms with Crippen LogP contribution in [0, 0.1) is 0 Å². The van der Waals surface area contributed by atoms with Crippen molar-refractivity contribution in [2.45, 2.75) is 26.4 Å². The van der Waals surface area contributed by atoms with Crippen molar-refractivity contribution in [3.63, 3.8) is 0 Å². The predicted octanol–water partition coefficient (Wildman–Crippen LogP) is 1.74. The second kappa shape index (κ2) is 9.44. The summed E-state index contributed by atoms with van der Waals surface area (Å²) in [7, 11) is 3.24. The molecule has 0 aliphatic heterocycles. The van der Waals surface area contributed by atoms with Crippen molar-refractivity contribution in [3.05, 3.63) is 23.8 Å². The van der Waals surface area contributed by atoms with Gasteiger partial charge in [0.15, 0.2) is 0 Å². The molecule has 0 radical (unpaired) electrons. The molecule has 1 amide bonds. The Bertz CT molecular complexity index is 425. The van der Waals surface area contributed by atoms with Crippen molar-refractivity contribution >= 4 is 18.3 Å². The van der Waals surface area contributed by atoms with Crippen LogP contribution in [0.5, 0.6) is 11.5 Å². The van der Waals surface area contributed by atoms with Crippen molar-refractivity contribution in [1.29, 1.82) is 0 Å². The molecule has 114 valence electrons. The zero-order valence-electron chi connectivity index (χ0n) is 12.4. The van der Waals surface area contributed by atoms with E-state index < -0.39 is 0 Å². The van der Waals surface area contributed by atoms with Crippen LogP contribution in [0.4, 0.5) is 0 Å². The molecule has 0 unspecified atom stereocenters. The van der Waals surface area contributed by atoms with Crippen molar-refractivity contribution in [1.82, 2.24) is 10.6 Å². The van der Waals surface area contributed by atoms with E-state index in [2.05, 4.69) is 10.6 Å². The van der Waals surface area contributed by atoms with Gasteiger partial charge < -0.3 is 20.1 Å². The number of hydrogen-bond acceptors (Lipinski definition) is 4. The molecule has 0 atom stereocenters. The summed E-state index contributed by atoms with van der Waals surface area (Å²) in [6.07, 6.45) is 0. The number of hydrogen-bond donors (Lipinski definition) is 2. The maximum atomic E-state index is 11.5. The van der Waals surface area contributed by atoms with Gasteiger partial charge in [0.05, 0.1) is 20.8 Å². The summed E-state index contributed by atoms with van der Waals surface area (Å²) in [6, 6.07) is 5.74. The van der Waals surface area contributed by atoms with Crippen molar-refractivity contribution in [2.75, 3.05) is 20.8 Å². The van der Waals surface area contributed by atoms with Crippen LogP contribution in [0.25, 0.3) is 0 Å². The van der Waals surface area contributed by atoms with Gasteiger partial charge >= 0.3 is 0 Å². The first kappa shape index (κ1) is 18.5. The highest BCUT2D eigenvalue weighted by Gasteiger charge is 2.06. The van der Waals surface area contributed by atoms with Crippen LogP contribution in [0.3, 0.4) is 0 Å². The van der Waals surface area contributed by atoms with E-state index in [9.17, 15) is 4.79 Å². The first-order valence-corrected chi connectivity index (χ1v) is 6.27. The minimum absolute atomic E-state index is 0. The first-order valence-electron chi connectivity index (χ1n) is 6.27. The minimum Gasteiger partial charge on any atom is -0.497 e. The molecular formula is C14H23ClN2O3. The quantitative estimate of drug-likeness (QED) is 0.805. The molecule has 1 aromatic rings. The zero-order chi connectivity index (χ0) is 14.3. The Morgan fingerprint density at radius 3 is 2.50 bits per heavy atom. The smallest absolute Gasteiger partial charge is 0.234 e. The number of carbonyl (C=O) groups excluding carboxylic acids is 1. The third-order valence-electron chi connectivity index (χ3n) is 2.54. The Morgan fingerprint density at radius 1 is 1.25 bits per heavy atom. The van der Waals surface area contributed by atoms with Crippen molar-refractivity contribution < 1.29 is 14.3 Å². The Balaban J connectivity index is 0.00000361. The molecule has 0 aliphatic carbocycles. The van der Waals surface area contributed by atoms with Gasteiger partial charge in [0.1, 0.15) is 11.5 Å².